The Hall–Kier alpha value is -0.930. The van der Waals surface area contributed by atoms with Crippen LogP contribution in [0.2, 0.25) is 10.0 Å². The lowest BCUT2D eigenvalue weighted by Crippen LogP contribution is -2.48. The Morgan fingerprint density at radius 1 is 1.40 bits per heavy atom. The SMILES string of the molecule is CCOC(=O)N1CCC(NC(N)=NCc2ccc(Cl)cc2Cl)CC1.I. The van der Waals surface area contributed by atoms with E-state index in [9.17, 15) is 4.79 Å². The number of nitrogens with two attached hydrogens (primary N) is 1. The van der Waals surface area contributed by atoms with Crippen LogP contribution in [0.1, 0.15) is 25.3 Å². The maximum absolute atomic E-state index is 11.7. The van der Waals surface area contributed by atoms with Gasteiger partial charge in [0.25, 0.3) is 0 Å². The Balaban J connectivity index is 0.00000312. The fourth-order valence-corrected chi connectivity index (χ4v) is 2.96. The Morgan fingerprint density at radius 3 is 2.68 bits per heavy atom. The van der Waals surface area contributed by atoms with E-state index in [2.05, 4.69) is 10.3 Å². The third kappa shape index (κ3) is 7.07. The Morgan fingerprint density at radius 2 is 2.08 bits per heavy atom. The van der Waals surface area contributed by atoms with Crippen molar-refractivity contribution in [3.8, 4) is 0 Å². The number of halogens is 3. The molecular formula is C16H23Cl2IN4O2. The van der Waals surface area contributed by atoms with Gasteiger partial charge in [-0.15, -0.1) is 24.0 Å². The zero-order valence-electron chi connectivity index (χ0n) is 14.0. The Labute approximate surface area is 175 Å². The van der Waals surface area contributed by atoms with E-state index in [4.69, 9.17) is 33.7 Å². The summed E-state index contributed by atoms with van der Waals surface area (Å²) in [5.74, 6) is 0.371. The molecule has 3 N–H and O–H groups in total. The number of carbonyl (C=O) groups is 1. The Kier molecular flexibility index (Phi) is 9.66. The fraction of sp³-hybridized carbons (Fsp3) is 0.500. The van der Waals surface area contributed by atoms with Gasteiger partial charge in [0, 0.05) is 29.2 Å². The molecular weight excluding hydrogens is 478 g/mol. The zero-order chi connectivity index (χ0) is 17.5. The van der Waals surface area contributed by atoms with Crippen LogP contribution in [-0.4, -0.2) is 42.7 Å². The third-order valence-corrected chi connectivity index (χ3v) is 4.39. The highest BCUT2D eigenvalue weighted by Gasteiger charge is 2.23. The molecule has 1 saturated heterocycles. The smallest absolute Gasteiger partial charge is 0.409 e. The molecule has 0 unspecified atom stereocenters. The summed E-state index contributed by atoms with van der Waals surface area (Å²) in [7, 11) is 0. The van der Waals surface area contributed by atoms with Crippen molar-refractivity contribution in [2.75, 3.05) is 19.7 Å². The molecule has 1 aliphatic heterocycles. The number of hydrogen-bond donors (Lipinski definition) is 2. The topological polar surface area (TPSA) is 80.0 Å². The molecule has 1 aromatic rings. The molecule has 0 radical (unpaired) electrons. The standard InChI is InChI=1S/C16H22Cl2N4O2.HI/c1-2-24-16(23)22-7-5-13(6-8-22)21-15(19)20-10-11-3-4-12(17)9-14(11)18;/h3-4,9,13H,2,5-8,10H2,1H3,(H3,19,20,21);1H. The van der Waals surface area contributed by atoms with Crippen molar-refractivity contribution in [2.24, 2.45) is 10.7 Å². The molecule has 25 heavy (non-hydrogen) atoms. The minimum Gasteiger partial charge on any atom is -0.450 e. The monoisotopic (exact) mass is 500 g/mol. The van der Waals surface area contributed by atoms with Crippen molar-refractivity contribution in [3.63, 3.8) is 0 Å². The number of aliphatic imine (C=N–C) groups is 1. The van der Waals surface area contributed by atoms with E-state index in [1.54, 1.807) is 24.0 Å². The van der Waals surface area contributed by atoms with Crippen LogP contribution in [0.5, 0.6) is 0 Å². The van der Waals surface area contributed by atoms with E-state index < -0.39 is 0 Å². The average Bonchev–Trinajstić information content (AvgIpc) is 2.55. The van der Waals surface area contributed by atoms with Crippen molar-refractivity contribution in [2.45, 2.75) is 32.4 Å². The summed E-state index contributed by atoms with van der Waals surface area (Å²) in [6.07, 6.45) is 1.35. The molecule has 1 aromatic carbocycles. The fourth-order valence-electron chi connectivity index (χ4n) is 2.50. The highest BCUT2D eigenvalue weighted by atomic mass is 127. The maximum atomic E-state index is 11.7. The third-order valence-electron chi connectivity index (χ3n) is 3.81. The van der Waals surface area contributed by atoms with E-state index in [-0.39, 0.29) is 36.1 Å². The van der Waals surface area contributed by atoms with Gasteiger partial charge in [0.15, 0.2) is 5.96 Å². The lowest BCUT2D eigenvalue weighted by Gasteiger charge is -2.31. The highest BCUT2D eigenvalue weighted by Crippen LogP contribution is 2.21. The second-order valence-corrected chi connectivity index (χ2v) is 6.39. The molecule has 0 atom stereocenters. The summed E-state index contributed by atoms with van der Waals surface area (Å²) >= 11 is 12.0. The molecule has 1 aliphatic rings. The van der Waals surface area contributed by atoms with Crippen molar-refractivity contribution in [1.29, 1.82) is 0 Å². The van der Waals surface area contributed by atoms with Gasteiger partial charge >= 0.3 is 6.09 Å². The number of amides is 1. The molecule has 1 fully saturated rings. The predicted octanol–water partition coefficient (Wildman–Crippen LogP) is 3.64. The molecule has 9 heteroatoms. The van der Waals surface area contributed by atoms with Crippen LogP contribution in [-0.2, 0) is 11.3 Å². The molecule has 2 rings (SSSR count). The van der Waals surface area contributed by atoms with Crippen LogP contribution < -0.4 is 11.1 Å². The van der Waals surface area contributed by atoms with Crippen molar-refractivity contribution in [1.82, 2.24) is 10.2 Å². The molecule has 140 valence electrons. The normalized spacial score (nSPS) is 15.5. The largest absolute Gasteiger partial charge is 0.450 e. The average molecular weight is 501 g/mol. The number of nitrogens with one attached hydrogen (secondary N) is 1. The summed E-state index contributed by atoms with van der Waals surface area (Å²) in [4.78, 5) is 17.7. The van der Waals surface area contributed by atoms with E-state index in [1.807, 2.05) is 6.07 Å². The Bertz CT molecular complexity index is 608. The van der Waals surface area contributed by atoms with Crippen LogP contribution in [0.25, 0.3) is 0 Å². The van der Waals surface area contributed by atoms with Gasteiger partial charge in [0.1, 0.15) is 0 Å². The van der Waals surface area contributed by atoms with E-state index in [0.29, 0.717) is 42.2 Å². The van der Waals surface area contributed by atoms with E-state index >= 15 is 0 Å². The van der Waals surface area contributed by atoms with Gasteiger partial charge < -0.3 is 20.7 Å². The lowest BCUT2D eigenvalue weighted by atomic mass is 10.1. The van der Waals surface area contributed by atoms with Gasteiger partial charge in [0.05, 0.1) is 13.2 Å². The number of rotatable bonds is 4. The number of piperidine rings is 1. The minimum atomic E-state index is -0.255. The second kappa shape index (κ2) is 10.9. The number of guanidine groups is 1. The summed E-state index contributed by atoms with van der Waals surface area (Å²) in [5.41, 5.74) is 6.80. The second-order valence-electron chi connectivity index (χ2n) is 5.54. The van der Waals surface area contributed by atoms with E-state index in [0.717, 1.165) is 18.4 Å². The van der Waals surface area contributed by atoms with Crippen LogP contribution >= 0.6 is 47.2 Å². The maximum Gasteiger partial charge on any atom is 0.409 e. The first kappa shape index (κ1) is 22.1. The number of benzene rings is 1. The molecule has 0 aromatic heterocycles. The summed E-state index contributed by atoms with van der Waals surface area (Å²) < 4.78 is 5.00. The first-order chi connectivity index (χ1) is 11.5. The van der Waals surface area contributed by atoms with Gasteiger partial charge in [-0.3, -0.25) is 0 Å². The highest BCUT2D eigenvalue weighted by molar-refractivity contribution is 14.0. The van der Waals surface area contributed by atoms with Crippen molar-refractivity contribution >= 4 is 59.2 Å². The van der Waals surface area contributed by atoms with Gasteiger partial charge in [-0.05, 0) is 37.5 Å². The quantitative estimate of drug-likeness (QED) is 0.376. The molecule has 0 bridgehead atoms. The van der Waals surface area contributed by atoms with Crippen molar-refractivity contribution in [3.05, 3.63) is 33.8 Å². The molecule has 1 amide bonds. The predicted molar refractivity (Wildman–Crippen MR) is 112 cm³/mol. The van der Waals surface area contributed by atoms with Gasteiger partial charge in [0.2, 0.25) is 0 Å². The summed E-state index contributed by atoms with van der Waals surface area (Å²) in [6, 6.07) is 5.48. The molecule has 6 nitrogen and oxygen atoms in total. The number of carbonyl (C=O) groups excluding carboxylic acids is 1. The summed E-state index contributed by atoms with van der Waals surface area (Å²) in [6.45, 7) is 3.87. The first-order valence-electron chi connectivity index (χ1n) is 7.91. The van der Waals surface area contributed by atoms with Gasteiger partial charge in [-0.25, -0.2) is 9.79 Å². The van der Waals surface area contributed by atoms with Gasteiger partial charge in [-0.2, -0.15) is 0 Å². The zero-order valence-corrected chi connectivity index (χ0v) is 17.8. The van der Waals surface area contributed by atoms with Gasteiger partial charge in [-0.1, -0.05) is 29.3 Å². The first-order valence-corrected chi connectivity index (χ1v) is 8.67. The minimum absolute atomic E-state index is 0. The lowest BCUT2D eigenvalue weighted by molar-refractivity contribution is 0.0963. The number of nitrogens with zero attached hydrogens (tertiary/aromatic N) is 2. The van der Waals surface area contributed by atoms with Crippen molar-refractivity contribution < 1.29 is 9.53 Å². The van der Waals surface area contributed by atoms with E-state index in [1.165, 1.54) is 0 Å². The molecule has 0 aliphatic carbocycles. The van der Waals surface area contributed by atoms with Crippen LogP contribution in [0, 0.1) is 0 Å². The van der Waals surface area contributed by atoms with Crippen LogP contribution in [0.4, 0.5) is 4.79 Å². The molecule has 0 saturated carbocycles. The van der Waals surface area contributed by atoms with Crippen LogP contribution in [0.15, 0.2) is 23.2 Å². The molecule has 0 spiro atoms. The molecule has 1 heterocycles. The number of hydrogen-bond acceptors (Lipinski definition) is 3. The summed E-state index contributed by atoms with van der Waals surface area (Å²) in [5, 5.41) is 4.35. The number of likely N-dealkylation sites (tertiary alicyclic amines) is 1. The number of ether oxygens (including phenoxy) is 1. The van der Waals surface area contributed by atoms with Crippen LogP contribution in [0.3, 0.4) is 0 Å².